The molecule has 8 heteroatoms. The molecule has 0 atom stereocenters. The van der Waals surface area contributed by atoms with Gasteiger partial charge in [-0.05, 0) is 42.8 Å². The molecule has 2 N–H and O–H groups in total. The highest BCUT2D eigenvalue weighted by Gasteiger charge is 2.17. The van der Waals surface area contributed by atoms with Crippen molar-refractivity contribution in [2.75, 3.05) is 11.3 Å². The van der Waals surface area contributed by atoms with Gasteiger partial charge in [0.05, 0.1) is 16.1 Å². The molecular weight excluding hydrogens is 356 g/mol. The maximum Gasteiger partial charge on any atom is 0.341 e. The lowest BCUT2D eigenvalue weighted by atomic mass is 10.2. The van der Waals surface area contributed by atoms with Gasteiger partial charge in [0, 0.05) is 11.6 Å². The molecule has 0 unspecified atom stereocenters. The van der Waals surface area contributed by atoms with E-state index in [1.807, 2.05) is 12.1 Å². The highest BCUT2D eigenvalue weighted by Crippen LogP contribution is 2.26. The summed E-state index contributed by atoms with van der Waals surface area (Å²) in [4.78, 5) is 14.9. The lowest BCUT2D eigenvalue weighted by molar-refractivity contribution is -0.139. The third-order valence-corrected chi connectivity index (χ3v) is 5.05. The molecule has 134 valence electrons. The summed E-state index contributed by atoms with van der Waals surface area (Å²) in [5.74, 6) is -0.788. The van der Waals surface area contributed by atoms with E-state index < -0.39 is 22.6 Å². The van der Waals surface area contributed by atoms with Crippen molar-refractivity contribution >= 4 is 32.6 Å². The van der Waals surface area contributed by atoms with Crippen molar-refractivity contribution in [1.82, 2.24) is 4.98 Å². The molecular formula is C18H16N2O5S. The quantitative estimate of drug-likeness (QED) is 0.689. The molecule has 26 heavy (non-hydrogen) atoms. The second-order valence-electron chi connectivity index (χ2n) is 5.60. The maximum atomic E-state index is 12.7. The maximum absolute atomic E-state index is 12.7. The Labute approximate surface area is 150 Å². The fraction of sp³-hybridized carbons (Fsp3) is 0.111. The number of sulfonamides is 1. The number of benzene rings is 2. The van der Waals surface area contributed by atoms with E-state index in [9.17, 15) is 13.2 Å². The van der Waals surface area contributed by atoms with Crippen molar-refractivity contribution in [3.8, 4) is 5.75 Å². The van der Waals surface area contributed by atoms with Crippen molar-refractivity contribution in [2.24, 2.45) is 0 Å². The van der Waals surface area contributed by atoms with E-state index in [-0.39, 0.29) is 4.90 Å². The zero-order chi connectivity index (χ0) is 18.7. The molecule has 2 aromatic carbocycles. The van der Waals surface area contributed by atoms with E-state index >= 15 is 0 Å². The zero-order valence-corrected chi connectivity index (χ0v) is 14.7. The van der Waals surface area contributed by atoms with E-state index in [4.69, 9.17) is 9.84 Å². The predicted molar refractivity (Wildman–Crippen MR) is 96.9 cm³/mol. The SMILES string of the molecule is Cc1cc(S(=O)(=O)Nc2cccc3cccnc23)ccc1OCC(=O)O. The van der Waals surface area contributed by atoms with Crippen LogP contribution in [0.4, 0.5) is 5.69 Å². The number of hydrogen-bond donors (Lipinski definition) is 2. The predicted octanol–water partition coefficient (Wildman–Crippen LogP) is 2.81. The van der Waals surface area contributed by atoms with Crippen molar-refractivity contribution < 1.29 is 23.1 Å². The van der Waals surface area contributed by atoms with E-state index in [1.54, 1.807) is 31.3 Å². The fourth-order valence-corrected chi connectivity index (χ4v) is 3.63. The summed E-state index contributed by atoms with van der Waals surface area (Å²) in [5.41, 5.74) is 1.45. The van der Waals surface area contributed by atoms with Crippen molar-refractivity contribution in [3.63, 3.8) is 0 Å². The molecule has 3 aromatic rings. The van der Waals surface area contributed by atoms with Crippen LogP contribution in [0.2, 0.25) is 0 Å². The molecule has 7 nitrogen and oxygen atoms in total. The van der Waals surface area contributed by atoms with E-state index in [0.717, 1.165) is 5.39 Å². The first-order valence-electron chi connectivity index (χ1n) is 7.68. The Bertz CT molecular complexity index is 1070. The topological polar surface area (TPSA) is 106 Å². The van der Waals surface area contributed by atoms with Crippen LogP contribution < -0.4 is 9.46 Å². The summed E-state index contributed by atoms with van der Waals surface area (Å²) in [6, 6.07) is 13.1. The van der Waals surface area contributed by atoms with Crippen molar-refractivity contribution in [3.05, 3.63) is 60.3 Å². The average molecular weight is 372 g/mol. The molecule has 1 aromatic heterocycles. The molecule has 0 fully saturated rings. The first kappa shape index (κ1) is 17.7. The number of rotatable bonds is 6. The summed E-state index contributed by atoms with van der Waals surface area (Å²) >= 11 is 0. The molecule has 0 aliphatic heterocycles. The highest BCUT2D eigenvalue weighted by atomic mass is 32.2. The molecule has 0 bridgehead atoms. The zero-order valence-electron chi connectivity index (χ0n) is 13.8. The van der Waals surface area contributed by atoms with Gasteiger partial charge >= 0.3 is 5.97 Å². The first-order chi connectivity index (χ1) is 12.4. The van der Waals surface area contributed by atoms with Gasteiger partial charge in [0.15, 0.2) is 6.61 Å². The van der Waals surface area contributed by atoms with Gasteiger partial charge in [-0.25, -0.2) is 13.2 Å². The van der Waals surface area contributed by atoms with Crippen LogP contribution in [0.25, 0.3) is 10.9 Å². The van der Waals surface area contributed by atoms with E-state index in [1.165, 1.54) is 18.2 Å². The number of para-hydroxylation sites is 1. The number of carboxylic acids is 1. The first-order valence-corrected chi connectivity index (χ1v) is 9.17. The molecule has 3 rings (SSSR count). The Morgan fingerprint density at radius 1 is 1.19 bits per heavy atom. The Balaban J connectivity index is 1.90. The number of anilines is 1. The smallest absolute Gasteiger partial charge is 0.341 e. The Kier molecular flexibility index (Phi) is 4.77. The largest absolute Gasteiger partial charge is 0.482 e. The number of aliphatic carboxylic acids is 1. The number of nitrogens with one attached hydrogen (secondary N) is 1. The van der Waals surface area contributed by atoms with Gasteiger partial charge < -0.3 is 9.84 Å². The van der Waals surface area contributed by atoms with Crippen LogP contribution in [0, 0.1) is 6.92 Å². The summed E-state index contributed by atoms with van der Waals surface area (Å²) in [6.07, 6.45) is 1.60. The summed E-state index contributed by atoms with van der Waals surface area (Å²) < 4.78 is 33.1. The van der Waals surface area contributed by atoms with Gasteiger partial charge in [0.1, 0.15) is 5.75 Å². The second-order valence-corrected chi connectivity index (χ2v) is 7.28. The molecule has 0 saturated carbocycles. The number of ether oxygens (including phenoxy) is 1. The molecule has 0 aliphatic rings. The van der Waals surface area contributed by atoms with Crippen LogP contribution in [0.3, 0.4) is 0 Å². The summed E-state index contributed by atoms with van der Waals surface area (Å²) in [6.45, 7) is 1.16. The number of hydrogen-bond acceptors (Lipinski definition) is 5. The summed E-state index contributed by atoms with van der Waals surface area (Å²) in [5, 5.41) is 9.48. The van der Waals surface area contributed by atoms with Crippen LogP contribution in [-0.4, -0.2) is 31.1 Å². The highest BCUT2D eigenvalue weighted by molar-refractivity contribution is 7.92. The molecule has 1 heterocycles. The molecule has 0 amide bonds. The third kappa shape index (κ3) is 3.75. The molecule has 0 saturated heterocycles. The van der Waals surface area contributed by atoms with Crippen LogP contribution in [0.5, 0.6) is 5.75 Å². The second kappa shape index (κ2) is 7.01. The number of pyridine rings is 1. The third-order valence-electron chi connectivity index (χ3n) is 3.68. The van der Waals surface area contributed by atoms with E-state index in [2.05, 4.69) is 9.71 Å². The molecule has 0 radical (unpaired) electrons. The van der Waals surface area contributed by atoms with Gasteiger partial charge in [0.25, 0.3) is 10.0 Å². The van der Waals surface area contributed by atoms with Gasteiger partial charge in [-0.1, -0.05) is 18.2 Å². The van der Waals surface area contributed by atoms with Crippen molar-refractivity contribution in [2.45, 2.75) is 11.8 Å². The minimum absolute atomic E-state index is 0.0469. The number of carbonyl (C=O) groups is 1. The number of fused-ring (bicyclic) bond motifs is 1. The normalized spacial score (nSPS) is 11.3. The van der Waals surface area contributed by atoms with Gasteiger partial charge in [0.2, 0.25) is 0 Å². The summed E-state index contributed by atoms with van der Waals surface area (Å²) in [7, 11) is -3.84. The van der Waals surface area contributed by atoms with Crippen LogP contribution in [0.1, 0.15) is 5.56 Å². The van der Waals surface area contributed by atoms with Gasteiger partial charge in [-0.3, -0.25) is 9.71 Å². The minimum Gasteiger partial charge on any atom is -0.482 e. The standard InChI is InChI=1S/C18H16N2O5S/c1-12-10-14(7-8-16(12)25-11-17(21)22)26(23,24)20-15-6-2-4-13-5-3-9-19-18(13)15/h2-10,20H,11H2,1H3,(H,21,22). The van der Waals surface area contributed by atoms with Crippen LogP contribution in [-0.2, 0) is 14.8 Å². The fourth-order valence-electron chi connectivity index (χ4n) is 2.48. The monoisotopic (exact) mass is 372 g/mol. The number of aromatic nitrogens is 1. The lowest BCUT2D eigenvalue weighted by Crippen LogP contribution is -2.14. The minimum atomic E-state index is -3.84. The molecule has 0 aliphatic carbocycles. The van der Waals surface area contributed by atoms with Gasteiger partial charge in [-0.15, -0.1) is 0 Å². The Morgan fingerprint density at radius 3 is 2.69 bits per heavy atom. The Hall–Kier alpha value is -3.13. The van der Waals surface area contributed by atoms with E-state index in [0.29, 0.717) is 22.5 Å². The molecule has 0 spiro atoms. The number of aryl methyl sites for hydroxylation is 1. The van der Waals surface area contributed by atoms with Crippen LogP contribution >= 0.6 is 0 Å². The number of nitrogens with zero attached hydrogens (tertiary/aromatic N) is 1. The van der Waals surface area contributed by atoms with Crippen LogP contribution in [0.15, 0.2) is 59.6 Å². The Morgan fingerprint density at radius 2 is 1.96 bits per heavy atom. The number of carboxylic acid groups (broad SMARTS) is 1. The average Bonchev–Trinajstić information content (AvgIpc) is 2.60. The lowest BCUT2D eigenvalue weighted by Gasteiger charge is -2.12. The van der Waals surface area contributed by atoms with Crippen molar-refractivity contribution in [1.29, 1.82) is 0 Å². The van der Waals surface area contributed by atoms with Gasteiger partial charge in [-0.2, -0.15) is 0 Å².